The van der Waals surface area contributed by atoms with Crippen LogP contribution in [-0.4, -0.2) is 23.5 Å². The molecular formula is C18H30O2P+. The highest BCUT2D eigenvalue weighted by Gasteiger charge is 2.48. The summed E-state index contributed by atoms with van der Waals surface area (Å²) in [7, 11) is -0.817. The molecule has 118 valence electrons. The molecule has 1 heterocycles. The predicted molar refractivity (Wildman–Crippen MR) is 93.2 cm³/mol. The van der Waals surface area contributed by atoms with Crippen molar-refractivity contribution in [1.29, 1.82) is 0 Å². The van der Waals surface area contributed by atoms with Gasteiger partial charge in [-0.2, -0.15) is 0 Å². The van der Waals surface area contributed by atoms with Gasteiger partial charge in [0.05, 0.1) is 29.1 Å². The lowest BCUT2D eigenvalue weighted by Gasteiger charge is -2.36. The van der Waals surface area contributed by atoms with Gasteiger partial charge in [-0.1, -0.05) is 12.1 Å². The van der Waals surface area contributed by atoms with Crippen molar-refractivity contribution in [2.45, 2.75) is 64.6 Å². The molecule has 21 heavy (non-hydrogen) atoms. The molecule has 1 aliphatic heterocycles. The van der Waals surface area contributed by atoms with Crippen molar-refractivity contribution in [3.05, 3.63) is 29.8 Å². The smallest absolute Gasteiger partial charge is 0.195 e. The van der Waals surface area contributed by atoms with E-state index in [4.69, 9.17) is 9.47 Å². The van der Waals surface area contributed by atoms with Crippen LogP contribution in [0.4, 0.5) is 0 Å². The Bertz CT molecular complexity index is 477. The van der Waals surface area contributed by atoms with Crippen LogP contribution in [0.1, 0.15) is 54.0 Å². The molecule has 0 atom stereocenters. The first kappa shape index (κ1) is 16.9. The Labute approximate surface area is 131 Å². The normalized spacial score (nSPS) is 19.2. The summed E-state index contributed by atoms with van der Waals surface area (Å²) < 4.78 is 11.9. The molecule has 3 heteroatoms. The van der Waals surface area contributed by atoms with Crippen LogP contribution in [-0.2, 0) is 15.3 Å². The molecule has 1 fully saturated rings. The third kappa shape index (κ3) is 3.50. The first-order valence-corrected chi connectivity index (χ1v) is 9.31. The summed E-state index contributed by atoms with van der Waals surface area (Å²) in [6, 6.07) is 8.72. The van der Waals surface area contributed by atoms with Crippen molar-refractivity contribution in [1.82, 2.24) is 0 Å². The average Bonchev–Trinajstić information content (AvgIpc) is 2.74. The Kier molecular flexibility index (Phi) is 4.55. The van der Waals surface area contributed by atoms with Gasteiger partial charge in [-0.25, -0.2) is 0 Å². The van der Waals surface area contributed by atoms with Crippen LogP contribution < -0.4 is 5.30 Å². The minimum atomic E-state index is -0.817. The van der Waals surface area contributed by atoms with Gasteiger partial charge < -0.3 is 9.47 Å². The zero-order chi connectivity index (χ0) is 15.9. The Hall–Kier alpha value is -0.430. The predicted octanol–water partition coefficient (Wildman–Crippen LogP) is 4.34. The van der Waals surface area contributed by atoms with Gasteiger partial charge in [0, 0.05) is 7.92 Å². The minimum Gasteiger partial charge on any atom is -0.344 e. The second-order valence-corrected chi connectivity index (χ2v) is 12.4. The first-order chi connectivity index (χ1) is 9.56. The number of hydrogen-bond acceptors (Lipinski definition) is 2. The molecule has 1 aromatic rings. The van der Waals surface area contributed by atoms with Crippen LogP contribution in [0, 0.1) is 0 Å². The molecule has 0 aliphatic carbocycles. The molecule has 2 rings (SSSR count). The number of rotatable bonds is 2. The summed E-state index contributed by atoms with van der Waals surface area (Å²) >= 11 is 0. The second kappa shape index (κ2) is 5.65. The Balaban J connectivity index is 2.57. The van der Waals surface area contributed by atoms with E-state index in [1.807, 2.05) is 0 Å². The lowest BCUT2D eigenvalue weighted by Crippen LogP contribution is -2.36. The summed E-state index contributed by atoms with van der Waals surface area (Å²) in [5.41, 5.74) is 1.22. The average molecular weight is 309 g/mol. The third-order valence-electron chi connectivity index (χ3n) is 4.02. The highest BCUT2D eigenvalue weighted by Crippen LogP contribution is 2.59. The van der Waals surface area contributed by atoms with E-state index in [0.717, 1.165) is 0 Å². The lowest BCUT2D eigenvalue weighted by atomic mass is 10.1. The zero-order valence-corrected chi connectivity index (χ0v) is 15.5. The summed E-state index contributed by atoms with van der Waals surface area (Å²) in [4.78, 5) is 0. The Morgan fingerprint density at radius 3 is 1.86 bits per heavy atom. The first-order valence-electron chi connectivity index (χ1n) is 7.81. The Morgan fingerprint density at radius 1 is 0.905 bits per heavy atom. The number of ether oxygens (including phenoxy) is 2. The molecule has 1 aliphatic rings. The highest BCUT2D eigenvalue weighted by molar-refractivity contribution is 7.68. The van der Waals surface area contributed by atoms with Gasteiger partial charge in [0.15, 0.2) is 5.79 Å². The summed E-state index contributed by atoms with van der Waals surface area (Å²) in [5, 5.41) is 1.99. The van der Waals surface area contributed by atoms with Gasteiger partial charge in [-0.15, -0.1) is 0 Å². The van der Waals surface area contributed by atoms with Crippen molar-refractivity contribution in [3.8, 4) is 0 Å². The number of hydrogen-bond donors (Lipinski definition) is 0. The topological polar surface area (TPSA) is 18.5 Å². The molecule has 0 bridgehead atoms. The van der Waals surface area contributed by atoms with E-state index >= 15 is 0 Å². The quantitative estimate of drug-likeness (QED) is 0.757. The molecule has 0 radical (unpaired) electrons. The van der Waals surface area contributed by atoms with Crippen molar-refractivity contribution >= 4 is 13.2 Å². The highest BCUT2D eigenvalue weighted by atomic mass is 31.1. The summed E-state index contributed by atoms with van der Waals surface area (Å²) in [5.74, 6) is -0.580. The van der Waals surface area contributed by atoms with Crippen LogP contribution in [0.25, 0.3) is 0 Å². The van der Waals surface area contributed by atoms with Gasteiger partial charge in [-0.05, 0) is 60.6 Å². The molecule has 0 amide bonds. The summed E-state index contributed by atoms with van der Waals surface area (Å²) in [6.45, 7) is 17.6. The van der Waals surface area contributed by atoms with Gasteiger partial charge >= 0.3 is 0 Å². The van der Waals surface area contributed by atoms with Gasteiger partial charge in [0.1, 0.15) is 5.30 Å². The van der Waals surface area contributed by atoms with Gasteiger partial charge in [0.25, 0.3) is 0 Å². The fourth-order valence-electron chi connectivity index (χ4n) is 3.70. The Morgan fingerprint density at radius 2 is 1.38 bits per heavy atom. The monoisotopic (exact) mass is 309 g/mol. The SMILES string of the molecule is CC1(c2ccccc2[PH+](C(C)(C)C)C(C)(C)C)OCCO1. The molecule has 1 saturated heterocycles. The molecule has 1 aromatic carbocycles. The van der Waals surface area contributed by atoms with E-state index in [2.05, 4.69) is 72.7 Å². The van der Waals surface area contributed by atoms with E-state index in [9.17, 15) is 0 Å². The number of benzene rings is 1. The van der Waals surface area contributed by atoms with E-state index in [1.54, 1.807) is 0 Å². The van der Waals surface area contributed by atoms with E-state index < -0.39 is 13.7 Å². The molecular weight excluding hydrogens is 279 g/mol. The van der Waals surface area contributed by atoms with Crippen molar-refractivity contribution in [3.63, 3.8) is 0 Å². The molecule has 0 aromatic heterocycles. The maximum atomic E-state index is 5.94. The third-order valence-corrected chi connectivity index (χ3v) is 8.00. The van der Waals surface area contributed by atoms with Crippen LogP contribution >= 0.6 is 7.92 Å². The minimum absolute atomic E-state index is 0.272. The maximum absolute atomic E-state index is 5.94. The van der Waals surface area contributed by atoms with E-state index in [0.29, 0.717) is 13.2 Å². The van der Waals surface area contributed by atoms with Crippen molar-refractivity contribution in [2.24, 2.45) is 0 Å². The lowest BCUT2D eigenvalue weighted by molar-refractivity contribution is -0.149. The second-order valence-electron chi connectivity index (χ2n) is 8.06. The van der Waals surface area contributed by atoms with Crippen molar-refractivity contribution in [2.75, 3.05) is 13.2 Å². The fraction of sp³-hybridized carbons (Fsp3) is 0.667. The zero-order valence-electron chi connectivity index (χ0n) is 14.5. The van der Waals surface area contributed by atoms with Gasteiger partial charge in [0.2, 0.25) is 0 Å². The van der Waals surface area contributed by atoms with E-state index in [1.165, 1.54) is 10.9 Å². The van der Waals surface area contributed by atoms with E-state index in [-0.39, 0.29) is 10.3 Å². The molecule has 0 saturated carbocycles. The van der Waals surface area contributed by atoms with Crippen LogP contribution in [0.15, 0.2) is 24.3 Å². The molecule has 0 N–H and O–H groups in total. The maximum Gasteiger partial charge on any atom is 0.195 e. The molecule has 2 nitrogen and oxygen atoms in total. The molecule has 0 spiro atoms. The standard InChI is InChI=1S/C18H29O2P/c1-16(2,3)21(17(4,5)6)15-11-9-8-10-14(15)18(7)19-12-13-20-18/h8-11H,12-13H2,1-7H3/p+1. The van der Waals surface area contributed by atoms with Gasteiger partial charge in [-0.3, -0.25) is 0 Å². The molecule has 0 unspecified atom stereocenters. The summed E-state index contributed by atoms with van der Waals surface area (Å²) in [6.07, 6.45) is 0. The van der Waals surface area contributed by atoms with Crippen LogP contribution in [0.2, 0.25) is 0 Å². The van der Waals surface area contributed by atoms with Crippen molar-refractivity contribution < 1.29 is 9.47 Å². The van der Waals surface area contributed by atoms with Crippen LogP contribution in [0.3, 0.4) is 0 Å². The van der Waals surface area contributed by atoms with Crippen LogP contribution in [0.5, 0.6) is 0 Å². The fourth-order valence-corrected chi connectivity index (χ4v) is 8.41. The largest absolute Gasteiger partial charge is 0.344 e.